The van der Waals surface area contributed by atoms with Gasteiger partial charge in [0.2, 0.25) is 0 Å². The van der Waals surface area contributed by atoms with Gasteiger partial charge in [0, 0.05) is 31.6 Å². The first kappa shape index (κ1) is 26.2. The maximum Gasteiger partial charge on any atom is 0.341 e. The summed E-state index contributed by atoms with van der Waals surface area (Å²) in [4.78, 5) is 14.2. The molecule has 0 radical (unpaired) electrons. The Labute approximate surface area is 190 Å². The average molecular weight is 452 g/mol. The molecule has 0 bridgehead atoms. The molecule has 1 atom stereocenters. The molecule has 0 saturated carbocycles. The Morgan fingerprint density at radius 2 is 1.94 bits per heavy atom. The van der Waals surface area contributed by atoms with Crippen LogP contribution in [-0.4, -0.2) is 47.4 Å². The number of carbonyl (C=O) groups is 1. The number of halogens is 1. The number of methoxy groups -OCH3 is 1. The molecule has 0 spiro atoms. The highest BCUT2D eigenvalue weighted by Gasteiger charge is 2.25. The van der Waals surface area contributed by atoms with Gasteiger partial charge in [0.25, 0.3) is 0 Å². The van der Waals surface area contributed by atoms with Crippen molar-refractivity contribution in [3.63, 3.8) is 0 Å². The largest absolute Gasteiger partial charge is 0.507 e. The van der Waals surface area contributed by atoms with Crippen molar-refractivity contribution < 1.29 is 19.7 Å². The second-order valence-electron chi connectivity index (χ2n) is 6.30. The van der Waals surface area contributed by atoms with Crippen molar-refractivity contribution in [2.24, 2.45) is 0 Å². The molecule has 2 aliphatic rings. The van der Waals surface area contributed by atoms with Crippen LogP contribution in [0.15, 0.2) is 42.4 Å². The molecular formula is C23H34ClN3O4. The van der Waals surface area contributed by atoms with Gasteiger partial charge in [0.05, 0.1) is 18.3 Å². The van der Waals surface area contributed by atoms with Crippen molar-refractivity contribution in [1.82, 2.24) is 15.5 Å². The van der Waals surface area contributed by atoms with E-state index in [2.05, 4.69) is 21.6 Å². The Morgan fingerprint density at radius 1 is 1.23 bits per heavy atom. The second kappa shape index (κ2) is 13.5. The van der Waals surface area contributed by atoms with E-state index in [1.54, 1.807) is 0 Å². The van der Waals surface area contributed by atoms with Gasteiger partial charge in [-0.1, -0.05) is 45.4 Å². The van der Waals surface area contributed by atoms with Crippen LogP contribution in [0.5, 0.6) is 11.5 Å². The number of nitrogens with one attached hydrogen (secondary N) is 2. The molecule has 3 rings (SSSR count). The van der Waals surface area contributed by atoms with E-state index < -0.39 is 5.97 Å². The Balaban J connectivity index is 0.00000113. The van der Waals surface area contributed by atoms with E-state index in [4.69, 9.17) is 16.3 Å². The summed E-state index contributed by atoms with van der Waals surface area (Å²) in [6, 6.07) is 1.05. The fourth-order valence-corrected chi connectivity index (χ4v) is 3.45. The Morgan fingerprint density at radius 3 is 2.55 bits per heavy atom. The summed E-state index contributed by atoms with van der Waals surface area (Å²) >= 11 is 6.21. The molecular weight excluding hydrogens is 418 g/mol. The molecule has 0 saturated heterocycles. The molecule has 1 aromatic carbocycles. The standard InChI is InChI=1S/C19H22ClN3O4.2C2H6/c1-27-19(26)17-13(18(20)15(25)10-14(17)24)2-3-16-22-8-9-23(16)11-12-4-6-21-7-5-12;2*1-2/h4-6,8-10,16,21-22,24-25H,2-3,7,11H2,1H3;2*1-2H3. The zero-order valence-electron chi connectivity index (χ0n) is 18.9. The number of nitrogens with zero attached hydrogens (tertiary/aromatic N) is 1. The summed E-state index contributed by atoms with van der Waals surface area (Å²) in [5.74, 6) is -1.31. The minimum atomic E-state index is -0.691. The van der Waals surface area contributed by atoms with Crippen molar-refractivity contribution in [3.8, 4) is 11.5 Å². The van der Waals surface area contributed by atoms with Crippen LogP contribution in [0.2, 0.25) is 5.02 Å². The maximum absolute atomic E-state index is 12.1. The summed E-state index contributed by atoms with van der Waals surface area (Å²) in [7, 11) is 1.23. The number of dihydropyridines is 1. The Bertz CT molecular complexity index is 822. The lowest BCUT2D eigenvalue weighted by molar-refractivity contribution is 0.0596. The average Bonchev–Trinajstić information content (AvgIpc) is 3.25. The number of esters is 1. The molecule has 0 amide bonds. The molecule has 31 heavy (non-hydrogen) atoms. The highest BCUT2D eigenvalue weighted by molar-refractivity contribution is 6.33. The number of phenolic OH excluding ortho intramolecular Hbond substituents is 2. The zero-order valence-corrected chi connectivity index (χ0v) is 19.7. The van der Waals surface area contributed by atoms with Crippen LogP contribution < -0.4 is 10.6 Å². The minimum Gasteiger partial charge on any atom is -0.507 e. The summed E-state index contributed by atoms with van der Waals surface area (Å²) in [6.07, 6.45) is 10.9. The lowest BCUT2D eigenvalue weighted by Crippen LogP contribution is -2.37. The number of rotatable bonds is 6. The van der Waals surface area contributed by atoms with Gasteiger partial charge in [-0.2, -0.15) is 0 Å². The Kier molecular flexibility index (Phi) is 11.4. The lowest BCUT2D eigenvalue weighted by Gasteiger charge is -2.27. The van der Waals surface area contributed by atoms with Gasteiger partial charge in [-0.25, -0.2) is 4.79 Å². The van der Waals surface area contributed by atoms with E-state index in [0.717, 1.165) is 19.2 Å². The van der Waals surface area contributed by atoms with Crippen LogP contribution in [0.1, 0.15) is 50.0 Å². The predicted octanol–water partition coefficient (Wildman–Crippen LogP) is 4.27. The van der Waals surface area contributed by atoms with Crippen molar-refractivity contribution in [2.75, 3.05) is 20.2 Å². The third-order valence-corrected chi connectivity index (χ3v) is 5.02. The maximum atomic E-state index is 12.1. The highest BCUT2D eigenvalue weighted by atomic mass is 35.5. The van der Waals surface area contributed by atoms with Crippen molar-refractivity contribution in [3.05, 3.63) is 58.5 Å². The zero-order chi connectivity index (χ0) is 23.4. The number of ether oxygens (including phenoxy) is 1. The van der Waals surface area contributed by atoms with Crippen molar-refractivity contribution in [1.29, 1.82) is 0 Å². The van der Waals surface area contributed by atoms with Crippen LogP contribution in [0.4, 0.5) is 0 Å². The van der Waals surface area contributed by atoms with Gasteiger partial charge >= 0.3 is 5.97 Å². The lowest BCUT2D eigenvalue weighted by atomic mass is 9.99. The quantitative estimate of drug-likeness (QED) is 0.480. The van der Waals surface area contributed by atoms with Gasteiger partial charge in [-0.15, -0.1) is 0 Å². The highest BCUT2D eigenvalue weighted by Crippen LogP contribution is 2.37. The third-order valence-electron chi connectivity index (χ3n) is 4.60. The molecule has 172 valence electrons. The summed E-state index contributed by atoms with van der Waals surface area (Å²) < 4.78 is 4.75. The molecule has 0 aromatic heterocycles. The van der Waals surface area contributed by atoms with Gasteiger partial charge in [0.15, 0.2) is 0 Å². The third kappa shape index (κ3) is 6.85. The molecule has 4 N–H and O–H groups in total. The molecule has 8 heteroatoms. The smallest absolute Gasteiger partial charge is 0.341 e. The van der Waals surface area contributed by atoms with Gasteiger partial charge < -0.3 is 30.5 Å². The number of carbonyl (C=O) groups excluding carboxylic acids is 1. The van der Waals surface area contributed by atoms with E-state index in [1.165, 1.54) is 12.7 Å². The normalized spacial score (nSPS) is 16.1. The van der Waals surface area contributed by atoms with Crippen LogP contribution >= 0.6 is 11.6 Å². The Hall–Kier alpha value is -2.80. The molecule has 7 nitrogen and oxygen atoms in total. The molecule has 1 unspecified atom stereocenters. The number of aromatic hydroxyl groups is 2. The number of hydrogen-bond acceptors (Lipinski definition) is 7. The van der Waals surface area contributed by atoms with Crippen LogP contribution in [0.25, 0.3) is 0 Å². The summed E-state index contributed by atoms with van der Waals surface area (Å²) in [5, 5.41) is 26.4. The summed E-state index contributed by atoms with van der Waals surface area (Å²) in [6.45, 7) is 9.55. The van der Waals surface area contributed by atoms with E-state index in [9.17, 15) is 15.0 Å². The number of benzene rings is 1. The first-order chi connectivity index (χ1) is 15.0. The molecule has 0 aliphatic carbocycles. The van der Waals surface area contributed by atoms with Crippen molar-refractivity contribution >= 4 is 17.6 Å². The van der Waals surface area contributed by atoms with Crippen LogP contribution in [-0.2, 0) is 11.2 Å². The monoisotopic (exact) mass is 451 g/mol. The molecule has 1 aromatic rings. The first-order valence-electron chi connectivity index (χ1n) is 10.6. The molecule has 2 heterocycles. The van der Waals surface area contributed by atoms with Gasteiger partial charge in [-0.05, 0) is 36.3 Å². The van der Waals surface area contributed by atoms with Crippen molar-refractivity contribution in [2.45, 2.75) is 46.7 Å². The second-order valence-corrected chi connectivity index (χ2v) is 6.68. The predicted molar refractivity (Wildman–Crippen MR) is 125 cm³/mol. The minimum absolute atomic E-state index is 0.000223. The van der Waals surface area contributed by atoms with Gasteiger partial charge in [0.1, 0.15) is 17.1 Å². The fraction of sp³-hybridized carbons (Fsp3) is 0.435. The van der Waals surface area contributed by atoms with Crippen LogP contribution in [0.3, 0.4) is 0 Å². The van der Waals surface area contributed by atoms with E-state index in [-0.39, 0.29) is 28.3 Å². The first-order valence-corrected chi connectivity index (χ1v) is 11.0. The fourth-order valence-electron chi connectivity index (χ4n) is 3.21. The summed E-state index contributed by atoms with van der Waals surface area (Å²) in [5.41, 5.74) is 1.56. The van der Waals surface area contributed by atoms with Crippen LogP contribution in [0, 0.1) is 0 Å². The topological polar surface area (TPSA) is 94.1 Å². The van der Waals surface area contributed by atoms with E-state index in [0.29, 0.717) is 18.4 Å². The van der Waals surface area contributed by atoms with Gasteiger partial charge in [-0.3, -0.25) is 0 Å². The number of phenols is 2. The van der Waals surface area contributed by atoms with E-state index in [1.807, 2.05) is 52.4 Å². The van der Waals surface area contributed by atoms with E-state index >= 15 is 0 Å². The number of hydrogen-bond donors (Lipinski definition) is 4. The molecule has 2 aliphatic heterocycles. The SMILES string of the molecule is CC.CC.COC(=O)c1c(O)cc(O)c(Cl)c1CCC1NC=CN1CC1=CCNC=C1. The molecule has 0 fully saturated rings.